The van der Waals surface area contributed by atoms with Crippen LogP contribution in [0, 0.1) is 5.41 Å². The van der Waals surface area contributed by atoms with Crippen molar-refractivity contribution in [2.24, 2.45) is 5.41 Å². The van der Waals surface area contributed by atoms with Crippen LogP contribution in [-0.4, -0.2) is 29.5 Å². The van der Waals surface area contributed by atoms with Crippen molar-refractivity contribution in [2.75, 3.05) is 11.9 Å². The molecule has 0 saturated heterocycles. The van der Waals surface area contributed by atoms with Crippen LogP contribution in [0.2, 0.25) is 5.02 Å². The summed E-state index contributed by atoms with van der Waals surface area (Å²) in [7, 11) is 0. The zero-order chi connectivity index (χ0) is 28.8. The van der Waals surface area contributed by atoms with E-state index in [1.807, 2.05) is 12.1 Å². The predicted octanol–water partition coefficient (Wildman–Crippen LogP) is 8.37. The highest BCUT2D eigenvalue weighted by Crippen LogP contribution is 2.36. The van der Waals surface area contributed by atoms with Crippen molar-refractivity contribution in [3.8, 4) is 16.9 Å². The Morgan fingerprint density at radius 3 is 2.13 bits per heavy atom. The van der Waals surface area contributed by atoms with Crippen LogP contribution in [0.25, 0.3) is 11.1 Å². The molecule has 0 spiro atoms. The smallest absolute Gasteiger partial charge is 0.416 e. The lowest BCUT2D eigenvalue weighted by Gasteiger charge is -2.32. The maximum Gasteiger partial charge on any atom is 0.416 e. The number of aliphatic carboxylic acids is 1. The summed E-state index contributed by atoms with van der Waals surface area (Å²) in [5.41, 5.74) is 1.53. The van der Waals surface area contributed by atoms with Gasteiger partial charge < -0.3 is 15.2 Å². The van der Waals surface area contributed by atoms with Gasteiger partial charge >= 0.3 is 12.1 Å². The molecule has 3 aromatic carbocycles. The van der Waals surface area contributed by atoms with Gasteiger partial charge in [-0.3, -0.25) is 9.59 Å². The molecule has 0 aliphatic rings. The van der Waals surface area contributed by atoms with Gasteiger partial charge in [0.25, 0.3) is 0 Å². The lowest BCUT2D eigenvalue weighted by atomic mass is 9.87. The first-order chi connectivity index (χ1) is 18.2. The number of alkyl halides is 3. The fourth-order valence-corrected chi connectivity index (χ4v) is 4.13. The maximum atomic E-state index is 12.9. The van der Waals surface area contributed by atoms with Crippen LogP contribution in [0.3, 0.4) is 0 Å². The topological polar surface area (TPSA) is 75.6 Å². The van der Waals surface area contributed by atoms with E-state index in [1.165, 1.54) is 6.07 Å². The molecule has 1 atom stereocenters. The number of halogens is 4. The molecule has 0 bridgehead atoms. The molecule has 0 aliphatic carbocycles. The Bertz CT molecular complexity index is 1280. The highest BCUT2D eigenvalue weighted by molar-refractivity contribution is 6.33. The van der Waals surface area contributed by atoms with Gasteiger partial charge in [0.05, 0.1) is 11.6 Å². The van der Waals surface area contributed by atoms with Crippen molar-refractivity contribution in [2.45, 2.75) is 52.3 Å². The Morgan fingerprint density at radius 2 is 1.59 bits per heavy atom. The van der Waals surface area contributed by atoms with Gasteiger partial charge in [0.1, 0.15) is 12.4 Å². The molecular formula is C30H31ClF3NO4. The molecule has 0 heterocycles. The van der Waals surface area contributed by atoms with E-state index in [2.05, 4.69) is 26.1 Å². The summed E-state index contributed by atoms with van der Waals surface area (Å²) in [4.78, 5) is 22.9. The van der Waals surface area contributed by atoms with E-state index in [4.69, 9.17) is 21.4 Å². The maximum absolute atomic E-state index is 12.9. The molecule has 0 aromatic heterocycles. The van der Waals surface area contributed by atoms with E-state index in [0.717, 1.165) is 17.8 Å². The van der Waals surface area contributed by atoms with Gasteiger partial charge in [-0.05, 0) is 65.9 Å². The summed E-state index contributed by atoms with van der Waals surface area (Å²) in [6.07, 6.45) is -4.01. The van der Waals surface area contributed by atoms with Gasteiger partial charge in [-0.1, -0.05) is 50.6 Å². The Kier molecular flexibility index (Phi) is 9.67. The molecule has 208 valence electrons. The Labute approximate surface area is 231 Å². The molecule has 3 rings (SSSR count). The van der Waals surface area contributed by atoms with Crippen LogP contribution in [0.5, 0.6) is 5.75 Å². The first kappa shape index (κ1) is 30.0. The molecule has 0 saturated carbocycles. The zero-order valence-corrected chi connectivity index (χ0v) is 22.7. The third-order valence-corrected chi connectivity index (χ3v) is 6.58. The van der Waals surface area contributed by atoms with Crippen LogP contribution in [-0.2, 0) is 11.0 Å². The minimum absolute atomic E-state index is 0.0171. The van der Waals surface area contributed by atoms with E-state index in [1.54, 1.807) is 36.4 Å². The number of carbonyl (C=O) groups is 2. The standard InChI is InChI=1S/C30H31ClF3NO4/c1-29(2,3)27(35-22-12-7-20(8-13-22)26(36)5-4-6-28(37)38)18-39-23-14-9-19(10-15-23)24-16-11-21(17-25(24)31)30(32,33)34/h7-17,27,35H,4-6,18H2,1-3H3,(H,37,38)/t27-/m1/s1. The molecule has 0 amide bonds. The van der Waals surface area contributed by atoms with Gasteiger partial charge in [-0.25, -0.2) is 0 Å². The largest absolute Gasteiger partial charge is 0.491 e. The van der Waals surface area contributed by atoms with E-state index >= 15 is 0 Å². The number of ether oxygens (including phenoxy) is 1. The second kappa shape index (κ2) is 12.6. The Morgan fingerprint density at radius 1 is 0.949 bits per heavy atom. The van der Waals surface area contributed by atoms with E-state index in [-0.39, 0.29) is 35.1 Å². The number of anilines is 1. The first-order valence-electron chi connectivity index (χ1n) is 12.5. The fourth-order valence-electron chi connectivity index (χ4n) is 3.84. The van der Waals surface area contributed by atoms with Crippen LogP contribution in [0.15, 0.2) is 66.7 Å². The average Bonchev–Trinajstić information content (AvgIpc) is 2.85. The number of carboxylic acids is 1. The number of ketones is 1. The highest BCUT2D eigenvalue weighted by atomic mass is 35.5. The van der Waals surface area contributed by atoms with Crippen molar-refractivity contribution in [1.82, 2.24) is 0 Å². The van der Waals surface area contributed by atoms with Crippen LogP contribution in [0.1, 0.15) is 56.0 Å². The zero-order valence-electron chi connectivity index (χ0n) is 21.9. The molecule has 0 radical (unpaired) electrons. The SMILES string of the molecule is CC(C)(C)[C@@H](COc1ccc(-c2ccc(C(F)(F)F)cc2Cl)cc1)Nc1ccc(C(=O)CCCC(=O)O)cc1. The van der Waals surface area contributed by atoms with E-state index in [9.17, 15) is 22.8 Å². The molecule has 39 heavy (non-hydrogen) atoms. The van der Waals surface area contributed by atoms with E-state index in [0.29, 0.717) is 35.5 Å². The number of benzene rings is 3. The fraction of sp³-hybridized carbons (Fsp3) is 0.333. The van der Waals surface area contributed by atoms with Crippen LogP contribution < -0.4 is 10.1 Å². The molecule has 0 aliphatic heterocycles. The van der Waals surface area contributed by atoms with Gasteiger partial charge in [0.2, 0.25) is 0 Å². The Balaban J connectivity index is 1.63. The van der Waals surface area contributed by atoms with Crippen LogP contribution in [0.4, 0.5) is 18.9 Å². The summed E-state index contributed by atoms with van der Waals surface area (Å²) in [6, 6.07) is 17.2. The van der Waals surface area contributed by atoms with Crippen molar-refractivity contribution in [3.05, 3.63) is 82.9 Å². The van der Waals surface area contributed by atoms with Gasteiger partial charge in [-0.15, -0.1) is 0 Å². The quantitative estimate of drug-likeness (QED) is 0.230. The number of Topliss-reactive ketones (excluding diaryl/α,β-unsaturated/α-hetero) is 1. The average molecular weight is 562 g/mol. The number of carbonyl (C=O) groups excluding carboxylic acids is 1. The third-order valence-electron chi connectivity index (χ3n) is 6.27. The molecule has 0 fully saturated rings. The van der Waals surface area contributed by atoms with Crippen molar-refractivity contribution in [3.63, 3.8) is 0 Å². The molecule has 3 aromatic rings. The summed E-state index contributed by atoms with van der Waals surface area (Å²) >= 11 is 6.12. The summed E-state index contributed by atoms with van der Waals surface area (Å²) in [6.45, 7) is 6.55. The molecule has 5 nitrogen and oxygen atoms in total. The summed E-state index contributed by atoms with van der Waals surface area (Å²) < 4.78 is 44.8. The number of carboxylic acid groups (broad SMARTS) is 1. The number of nitrogens with one attached hydrogen (secondary N) is 1. The predicted molar refractivity (Wildman–Crippen MR) is 147 cm³/mol. The summed E-state index contributed by atoms with van der Waals surface area (Å²) in [5.74, 6) is -0.419. The van der Waals surface area contributed by atoms with Crippen molar-refractivity contribution >= 4 is 29.0 Å². The molecule has 2 N–H and O–H groups in total. The summed E-state index contributed by atoms with van der Waals surface area (Å²) in [5, 5.41) is 12.2. The number of rotatable bonds is 11. The van der Waals surface area contributed by atoms with Gasteiger partial charge in [-0.2, -0.15) is 13.2 Å². The van der Waals surface area contributed by atoms with Crippen molar-refractivity contribution < 1.29 is 32.6 Å². The van der Waals surface area contributed by atoms with Gasteiger partial charge in [0.15, 0.2) is 5.78 Å². The highest BCUT2D eigenvalue weighted by Gasteiger charge is 2.31. The minimum Gasteiger partial charge on any atom is -0.491 e. The molecule has 0 unspecified atom stereocenters. The van der Waals surface area contributed by atoms with Crippen molar-refractivity contribution in [1.29, 1.82) is 0 Å². The van der Waals surface area contributed by atoms with Gasteiger partial charge in [0, 0.05) is 34.7 Å². The monoisotopic (exact) mass is 561 g/mol. The minimum atomic E-state index is -4.46. The number of hydrogen-bond donors (Lipinski definition) is 2. The third kappa shape index (κ3) is 8.75. The second-order valence-electron chi connectivity index (χ2n) is 10.3. The normalized spacial score (nSPS) is 12.6. The van der Waals surface area contributed by atoms with E-state index < -0.39 is 17.7 Å². The van der Waals surface area contributed by atoms with Crippen LogP contribution >= 0.6 is 11.6 Å². The first-order valence-corrected chi connectivity index (χ1v) is 12.8. The lowest BCUT2D eigenvalue weighted by Crippen LogP contribution is -2.39. The molecule has 9 heteroatoms. The Hall–Kier alpha value is -3.52. The lowest BCUT2D eigenvalue weighted by molar-refractivity contribution is -0.138. The number of hydrogen-bond acceptors (Lipinski definition) is 4. The second-order valence-corrected chi connectivity index (χ2v) is 10.7. The molecular weight excluding hydrogens is 531 g/mol.